The SMILES string of the molecule is CCNC(=NCc1ncc(CC)s1)N1CCC(C(=O)N2CCOCC2)CC1. The Balaban J connectivity index is 1.54. The maximum atomic E-state index is 12.7. The molecule has 8 heteroatoms. The van der Waals surface area contributed by atoms with Crippen LogP contribution >= 0.6 is 11.3 Å². The van der Waals surface area contributed by atoms with Crippen LogP contribution < -0.4 is 5.32 Å². The van der Waals surface area contributed by atoms with Crippen molar-refractivity contribution in [2.75, 3.05) is 45.9 Å². The molecule has 0 aliphatic carbocycles. The Morgan fingerprint density at radius 1 is 1.26 bits per heavy atom. The van der Waals surface area contributed by atoms with Gasteiger partial charge in [-0.3, -0.25) is 4.79 Å². The van der Waals surface area contributed by atoms with Crippen LogP contribution in [0.2, 0.25) is 0 Å². The molecular formula is C19H31N5O2S. The number of nitrogens with one attached hydrogen (secondary N) is 1. The zero-order valence-corrected chi connectivity index (χ0v) is 17.3. The second-order valence-corrected chi connectivity index (χ2v) is 8.14. The van der Waals surface area contributed by atoms with Crippen molar-refractivity contribution in [3.8, 4) is 0 Å². The molecule has 2 saturated heterocycles. The quantitative estimate of drug-likeness (QED) is 0.610. The second-order valence-electron chi connectivity index (χ2n) is 6.94. The van der Waals surface area contributed by atoms with Crippen LogP contribution in [0.1, 0.15) is 36.6 Å². The Kier molecular flexibility index (Phi) is 7.46. The highest BCUT2D eigenvalue weighted by Crippen LogP contribution is 2.21. The third-order valence-electron chi connectivity index (χ3n) is 5.12. The van der Waals surface area contributed by atoms with Gasteiger partial charge in [0.15, 0.2) is 5.96 Å². The van der Waals surface area contributed by atoms with Gasteiger partial charge < -0.3 is 19.9 Å². The van der Waals surface area contributed by atoms with Gasteiger partial charge in [-0.2, -0.15) is 0 Å². The Morgan fingerprint density at radius 2 is 2.00 bits per heavy atom. The van der Waals surface area contributed by atoms with Crippen LogP contribution in [0.3, 0.4) is 0 Å². The van der Waals surface area contributed by atoms with Crippen molar-refractivity contribution in [2.45, 2.75) is 39.7 Å². The summed E-state index contributed by atoms with van der Waals surface area (Å²) >= 11 is 1.73. The van der Waals surface area contributed by atoms with E-state index >= 15 is 0 Å². The number of piperidine rings is 1. The minimum atomic E-state index is 0.133. The number of likely N-dealkylation sites (tertiary alicyclic amines) is 1. The minimum Gasteiger partial charge on any atom is -0.378 e. The molecule has 3 rings (SSSR count). The number of guanidine groups is 1. The van der Waals surface area contributed by atoms with Gasteiger partial charge in [-0.15, -0.1) is 11.3 Å². The number of aliphatic imine (C=N–C) groups is 1. The summed E-state index contributed by atoms with van der Waals surface area (Å²) in [4.78, 5) is 27.5. The molecule has 0 radical (unpaired) electrons. The van der Waals surface area contributed by atoms with Gasteiger partial charge in [0.2, 0.25) is 5.91 Å². The first-order chi connectivity index (χ1) is 13.2. The number of aromatic nitrogens is 1. The van der Waals surface area contributed by atoms with E-state index in [1.54, 1.807) is 11.3 Å². The van der Waals surface area contributed by atoms with Crippen LogP contribution in [0, 0.1) is 5.92 Å². The molecule has 1 N–H and O–H groups in total. The molecular weight excluding hydrogens is 362 g/mol. The average molecular weight is 394 g/mol. The van der Waals surface area contributed by atoms with Gasteiger partial charge >= 0.3 is 0 Å². The molecule has 0 unspecified atom stereocenters. The van der Waals surface area contributed by atoms with Crippen molar-refractivity contribution in [1.82, 2.24) is 20.1 Å². The Labute approximate surface area is 165 Å². The van der Waals surface area contributed by atoms with Gasteiger partial charge in [-0.1, -0.05) is 6.92 Å². The molecule has 7 nitrogen and oxygen atoms in total. The molecule has 0 saturated carbocycles. The summed E-state index contributed by atoms with van der Waals surface area (Å²) in [6.45, 7) is 10.2. The normalized spacial score (nSPS) is 19.4. The van der Waals surface area contributed by atoms with Gasteiger partial charge in [-0.25, -0.2) is 9.98 Å². The first-order valence-corrected chi connectivity index (χ1v) is 10.9. The molecule has 0 aromatic carbocycles. The zero-order chi connectivity index (χ0) is 19.1. The molecule has 2 aliphatic heterocycles. The van der Waals surface area contributed by atoms with Crippen LogP contribution in [0.25, 0.3) is 0 Å². The summed E-state index contributed by atoms with van der Waals surface area (Å²) in [6, 6.07) is 0. The van der Waals surface area contributed by atoms with E-state index in [1.807, 2.05) is 11.1 Å². The first-order valence-electron chi connectivity index (χ1n) is 10.0. The van der Waals surface area contributed by atoms with Crippen LogP contribution in [0.15, 0.2) is 11.2 Å². The topological polar surface area (TPSA) is 70.1 Å². The van der Waals surface area contributed by atoms with Crippen LogP contribution in [0.4, 0.5) is 0 Å². The van der Waals surface area contributed by atoms with Crippen LogP contribution in [-0.2, 0) is 22.5 Å². The van der Waals surface area contributed by atoms with E-state index in [9.17, 15) is 4.79 Å². The summed E-state index contributed by atoms with van der Waals surface area (Å²) in [6.07, 6.45) is 4.74. The Bertz CT molecular complexity index is 634. The van der Waals surface area contributed by atoms with Crippen molar-refractivity contribution in [3.05, 3.63) is 16.1 Å². The third kappa shape index (κ3) is 5.42. The highest BCUT2D eigenvalue weighted by molar-refractivity contribution is 7.11. The number of carbonyl (C=O) groups excluding carboxylic acids is 1. The minimum absolute atomic E-state index is 0.133. The number of amides is 1. The molecule has 0 spiro atoms. The predicted molar refractivity (Wildman–Crippen MR) is 108 cm³/mol. The number of thiazole rings is 1. The van der Waals surface area contributed by atoms with E-state index in [1.165, 1.54) is 4.88 Å². The largest absolute Gasteiger partial charge is 0.378 e. The monoisotopic (exact) mass is 393 g/mol. The molecule has 1 amide bonds. The van der Waals surface area contributed by atoms with E-state index < -0.39 is 0 Å². The van der Waals surface area contributed by atoms with Gasteiger partial charge in [0.05, 0.1) is 19.8 Å². The predicted octanol–water partition coefficient (Wildman–Crippen LogP) is 1.74. The van der Waals surface area contributed by atoms with E-state index in [0.29, 0.717) is 25.7 Å². The lowest BCUT2D eigenvalue weighted by Crippen LogP contribution is -2.50. The van der Waals surface area contributed by atoms with Gasteiger partial charge in [0, 0.05) is 49.7 Å². The molecule has 0 atom stereocenters. The molecule has 2 fully saturated rings. The maximum Gasteiger partial charge on any atom is 0.225 e. The Hall–Kier alpha value is -1.67. The van der Waals surface area contributed by atoms with Crippen molar-refractivity contribution in [2.24, 2.45) is 10.9 Å². The number of hydrogen-bond donors (Lipinski definition) is 1. The number of nitrogens with zero attached hydrogens (tertiary/aromatic N) is 4. The fourth-order valence-corrected chi connectivity index (χ4v) is 4.32. The molecule has 0 bridgehead atoms. The number of morpholine rings is 1. The third-order valence-corrected chi connectivity index (χ3v) is 6.24. The molecule has 1 aromatic rings. The van der Waals surface area contributed by atoms with Gasteiger partial charge in [-0.05, 0) is 26.2 Å². The fourth-order valence-electron chi connectivity index (χ4n) is 3.53. The van der Waals surface area contributed by atoms with Crippen molar-refractivity contribution < 1.29 is 9.53 Å². The van der Waals surface area contributed by atoms with Gasteiger partial charge in [0.25, 0.3) is 0 Å². The summed E-state index contributed by atoms with van der Waals surface area (Å²) < 4.78 is 5.35. The number of aryl methyl sites for hydroxylation is 1. The Morgan fingerprint density at radius 3 is 2.63 bits per heavy atom. The highest BCUT2D eigenvalue weighted by atomic mass is 32.1. The van der Waals surface area contributed by atoms with E-state index in [2.05, 4.69) is 29.0 Å². The maximum absolute atomic E-state index is 12.7. The lowest BCUT2D eigenvalue weighted by atomic mass is 9.95. The number of ether oxygens (including phenoxy) is 1. The molecule has 2 aliphatic rings. The van der Waals surface area contributed by atoms with E-state index in [0.717, 1.165) is 63.0 Å². The number of rotatable bonds is 5. The highest BCUT2D eigenvalue weighted by Gasteiger charge is 2.30. The molecule has 1 aromatic heterocycles. The van der Waals surface area contributed by atoms with Crippen molar-refractivity contribution in [1.29, 1.82) is 0 Å². The number of carbonyl (C=O) groups is 1. The number of hydrogen-bond acceptors (Lipinski definition) is 5. The lowest BCUT2D eigenvalue weighted by Gasteiger charge is -2.36. The smallest absolute Gasteiger partial charge is 0.225 e. The summed E-state index contributed by atoms with van der Waals surface area (Å²) in [5.74, 6) is 1.37. The van der Waals surface area contributed by atoms with Crippen molar-refractivity contribution in [3.63, 3.8) is 0 Å². The summed E-state index contributed by atoms with van der Waals surface area (Å²) in [5.41, 5.74) is 0. The average Bonchev–Trinajstić information content (AvgIpc) is 3.19. The van der Waals surface area contributed by atoms with E-state index in [-0.39, 0.29) is 5.92 Å². The second kappa shape index (κ2) is 10.0. The van der Waals surface area contributed by atoms with Crippen molar-refractivity contribution >= 4 is 23.2 Å². The summed E-state index contributed by atoms with van der Waals surface area (Å²) in [5, 5.41) is 4.45. The molecule has 27 heavy (non-hydrogen) atoms. The first kappa shape index (κ1) is 20.1. The molecule has 3 heterocycles. The standard InChI is InChI=1S/C19H31N5O2S/c1-3-16-13-21-17(27-16)14-22-19(20-4-2)24-7-5-15(6-8-24)18(25)23-9-11-26-12-10-23/h13,15H,3-12,14H2,1-2H3,(H,20,22). The molecule has 150 valence electrons. The fraction of sp³-hybridized carbons (Fsp3) is 0.737. The lowest BCUT2D eigenvalue weighted by molar-refractivity contribution is -0.140. The van der Waals surface area contributed by atoms with Gasteiger partial charge in [0.1, 0.15) is 5.01 Å². The van der Waals surface area contributed by atoms with Crippen LogP contribution in [-0.4, -0.2) is 72.6 Å². The van der Waals surface area contributed by atoms with Crippen LogP contribution in [0.5, 0.6) is 0 Å². The van der Waals surface area contributed by atoms with E-state index in [4.69, 9.17) is 9.73 Å². The summed E-state index contributed by atoms with van der Waals surface area (Å²) in [7, 11) is 0. The zero-order valence-electron chi connectivity index (χ0n) is 16.4.